The molecule has 22 heavy (non-hydrogen) atoms. The quantitative estimate of drug-likeness (QED) is 0.850. The number of carbonyl (C=O) groups excluding carboxylic acids is 1. The number of rotatable bonds is 2. The summed E-state index contributed by atoms with van der Waals surface area (Å²) in [6.07, 6.45) is 0. The molecule has 0 spiro atoms. The zero-order chi connectivity index (χ0) is 15.9. The highest BCUT2D eigenvalue weighted by Gasteiger charge is 2.29. The summed E-state index contributed by atoms with van der Waals surface area (Å²) in [5.41, 5.74) is 8.17. The predicted octanol–water partition coefficient (Wildman–Crippen LogP) is 3.04. The number of methoxy groups -OCH3 is 1. The number of hydrogen-bond donors (Lipinski definition) is 1. The number of aryl methyl sites for hydroxylation is 1. The van der Waals surface area contributed by atoms with Crippen LogP contribution in [0.5, 0.6) is 0 Å². The van der Waals surface area contributed by atoms with E-state index in [0.717, 1.165) is 11.3 Å². The first-order valence-corrected chi connectivity index (χ1v) is 8.02. The second-order valence-electron chi connectivity index (χ2n) is 5.03. The van der Waals surface area contributed by atoms with Crippen LogP contribution in [0.3, 0.4) is 0 Å². The lowest BCUT2D eigenvalue weighted by atomic mass is 9.98. The fraction of sp³-hybridized carbons (Fsp3) is 0.267. The molecule has 0 bridgehead atoms. The number of fused-ring (bicyclic) bond motifs is 1. The number of anilines is 1. The molecule has 0 saturated heterocycles. The number of benzene rings is 1. The van der Waals surface area contributed by atoms with E-state index in [1.165, 1.54) is 17.6 Å². The van der Waals surface area contributed by atoms with Crippen molar-refractivity contribution in [2.45, 2.75) is 17.7 Å². The van der Waals surface area contributed by atoms with E-state index in [4.69, 9.17) is 22.1 Å². The third-order valence-corrected chi connectivity index (χ3v) is 5.09. The summed E-state index contributed by atoms with van der Waals surface area (Å²) in [5.74, 6) is 0.774. The predicted molar refractivity (Wildman–Crippen MR) is 86.5 cm³/mol. The molecule has 0 amide bonds. The van der Waals surface area contributed by atoms with E-state index < -0.39 is 5.97 Å². The van der Waals surface area contributed by atoms with Crippen molar-refractivity contribution in [3.05, 3.63) is 45.9 Å². The number of esters is 1. The number of thioether (sulfide) groups is 1. The largest absolute Gasteiger partial charge is 0.464 e. The monoisotopic (exact) mass is 335 g/mol. The van der Waals surface area contributed by atoms with Gasteiger partial charge in [-0.15, -0.1) is 11.8 Å². The molecule has 1 atom stereocenters. The van der Waals surface area contributed by atoms with Crippen LogP contribution in [0.15, 0.2) is 23.1 Å². The number of halogens is 1. The molecule has 0 aliphatic carbocycles. The van der Waals surface area contributed by atoms with E-state index in [0.29, 0.717) is 5.82 Å². The summed E-state index contributed by atoms with van der Waals surface area (Å²) < 4.78 is 4.70. The minimum absolute atomic E-state index is 0.0112. The van der Waals surface area contributed by atoms with Crippen molar-refractivity contribution in [3.8, 4) is 0 Å². The number of nitrogens with two attached hydrogens (primary N) is 1. The molecular weight excluding hydrogens is 322 g/mol. The molecule has 1 unspecified atom stereocenters. The lowest BCUT2D eigenvalue weighted by Gasteiger charge is -2.13. The van der Waals surface area contributed by atoms with Crippen LogP contribution in [0.25, 0.3) is 0 Å². The van der Waals surface area contributed by atoms with E-state index in [1.54, 1.807) is 11.8 Å². The highest BCUT2D eigenvalue weighted by molar-refractivity contribution is 7.99. The Morgan fingerprint density at radius 3 is 2.95 bits per heavy atom. The Hall–Kier alpha value is -1.79. The van der Waals surface area contributed by atoms with Crippen molar-refractivity contribution in [1.29, 1.82) is 0 Å². The number of hydrogen-bond acceptors (Lipinski definition) is 6. The summed E-state index contributed by atoms with van der Waals surface area (Å²) >= 11 is 7.75. The fourth-order valence-electron chi connectivity index (χ4n) is 2.42. The van der Waals surface area contributed by atoms with Gasteiger partial charge in [-0.2, -0.15) is 0 Å². The molecule has 0 radical (unpaired) electrons. The molecule has 114 valence electrons. The van der Waals surface area contributed by atoms with Crippen LogP contribution in [-0.4, -0.2) is 28.8 Å². The molecule has 3 rings (SSSR count). The lowest BCUT2D eigenvalue weighted by Crippen LogP contribution is -2.14. The van der Waals surface area contributed by atoms with Gasteiger partial charge < -0.3 is 10.5 Å². The van der Waals surface area contributed by atoms with Gasteiger partial charge in [0.15, 0.2) is 5.69 Å². The first-order chi connectivity index (χ1) is 10.5. The van der Waals surface area contributed by atoms with Crippen LogP contribution >= 0.6 is 23.4 Å². The topological polar surface area (TPSA) is 78.1 Å². The van der Waals surface area contributed by atoms with Crippen molar-refractivity contribution in [3.63, 3.8) is 0 Å². The maximum absolute atomic E-state index is 11.8. The average molecular weight is 336 g/mol. The van der Waals surface area contributed by atoms with E-state index in [1.807, 2.05) is 6.92 Å². The number of ether oxygens (including phenoxy) is 1. The van der Waals surface area contributed by atoms with E-state index in [2.05, 4.69) is 28.2 Å². The van der Waals surface area contributed by atoms with Crippen LogP contribution in [0.4, 0.5) is 5.82 Å². The molecule has 5 nitrogen and oxygen atoms in total. The number of nitrogens with zero attached hydrogens (tertiary/aromatic N) is 2. The van der Waals surface area contributed by atoms with Gasteiger partial charge in [0, 0.05) is 10.6 Å². The molecular formula is C15H14ClN3O2S. The number of nitrogen functional groups attached to an aromatic ring is 1. The molecule has 1 aromatic carbocycles. The zero-order valence-electron chi connectivity index (χ0n) is 12.1. The van der Waals surface area contributed by atoms with Crippen molar-refractivity contribution in [2.75, 3.05) is 18.6 Å². The SMILES string of the molecule is COC(=O)c1nc(C2CSc3ccc(C)cc32)nc(N)c1Cl. The van der Waals surface area contributed by atoms with Crippen LogP contribution in [0, 0.1) is 6.92 Å². The summed E-state index contributed by atoms with van der Waals surface area (Å²) in [6, 6.07) is 6.28. The summed E-state index contributed by atoms with van der Waals surface area (Å²) in [7, 11) is 1.28. The second-order valence-corrected chi connectivity index (χ2v) is 6.47. The van der Waals surface area contributed by atoms with Gasteiger partial charge in [0.2, 0.25) is 0 Å². The van der Waals surface area contributed by atoms with Crippen LogP contribution in [0.2, 0.25) is 5.02 Å². The minimum Gasteiger partial charge on any atom is -0.464 e. The van der Waals surface area contributed by atoms with Gasteiger partial charge in [-0.25, -0.2) is 14.8 Å². The van der Waals surface area contributed by atoms with Crippen LogP contribution < -0.4 is 5.73 Å². The number of carbonyl (C=O) groups is 1. The summed E-state index contributed by atoms with van der Waals surface area (Å²) in [5, 5.41) is 0.0331. The molecule has 2 N–H and O–H groups in total. The average Bonchev–Trinajstić information content (AvgIpc) is 2.92. The second kappa shape index (κ2) is 5.78. The lowest BCUT2D eigenvalue weighted by molar-refractivity contribution is 0.0593. The van der Waals surface area contributed by atoms with Crippen molar-refractivity contribution >= 4 is 35.1 Å². The Bertz CT molecular complexity index is 767. The molecule has 1 aromatic heterocycles. The molecule has 2 aromatic rings. The van der Waals surface area contributed by atoms with Crippen molar-refractivity contribution in [1.82, 2.24) is 9.97 Å². The third kappa shape index (κ3) is 2.53. The molecule has 1 aliphatic heterocycles. The molecule has 0 saturated carbocycles. The Morgan fingerprint density at radius 2 is 2.23 bits per heavy atom. The van der Waals surface area contributed by atoms with E-state index in [-0.39, 0.29) is 22.5 Å². The first-order valence-electron chi connectivity index (χ1n) is 6.66. The summed E-state index contributed by atoms with van der Waals surface area (Å²) in [6.45, 7) is 2.04. The third-order valence-electron chi connectivity index (χ3n) is 3.53. The smallest absolute Gasteiger partial charge is 0.358 e. The highest BCUT2D eigenvalue weighted by Crippen LogP contribution is 2.43. The Balaban J connectivity index is 2.10. The normalized spacial score (nSPS) is 16.4. The van der Waals surface area contributed by atoms with Gasteiger partial charge >= 0.3 is 5.97 Å². The molecule has 1 aliphatic rings. The Labute approximate surface area is 137 Å². The van der Waals surface area contributed by atoms with Gasteiger partial charge in [-0.05, 0) is 18.6 Å². The maximum atomic E-state index is 11.8. The van der Waals surface area contributed by atoms with Crippen LogP contribution in [0.1, 0.15) is 33.4 Å². The van der Waals surface area contributed by atoms with Crippen molar-refractivity contribution < 1.29 is 9.53 Å². The van der Waals surface area contributed by atoms with Crippen molar-refractivity contribution in [2.24, 2.45) is 0 Å². The van der Waals surface area contributed by atoms with E-state index >= 15 is 0 Å². The Morgan fingerprint density at radius 1 is 1.45 bits per heavy atom. The van der Waals surface area contributed by atoms with Gasteiger partial charge in [0.1, 0.15) is 16.7 Å². The van der Waals surface area contributed by atoms with E-state index in [9.17, 15) is 4.79 Å². The molecule has 7 heteroatoms. The Kier molecular flexibility index (Phi) is 3.97. The zero-order valence-corrected chi connectivity index (χ0v) is 13.7. The first kappa shape index (κ1) is 15.1. The summed E-state index contributed by atoms with van der Waals surface area (Å²) in [4.78, 5) is 21.6. The maximum Gasteiger partial charge on any atom is 0.358 e. The van der Waals surface area contributed by atoms with Gasteiger partial charge in [-0.1, -0.05) is 29.3 Å². The van der Waals surface area contributed by atoms with Gasteiger partial charge in [0.05, 0.1) is 13.0 Å². The minimum atomic E-state index is -0.615. The number of aromatic nitrogens is 2. The molecule has 0 fully saturated rings. The molecule has 2 heterocycles. The van der Waals surface area contributed by atoms with Gasteiger partial charge in [-0.3, -0.25) is 0 Å². The van der Waals surface area contributed by atoms with Crippen LogP contribution in [-0.2, 0) is 4.74 Å². The van der Waals surface area contributed by atoms with Gasteiger partial charge in [0.25, 0.3) is 0 Å². The standard InChI is InChI=1S/C15H14ClN3O2S/c1-7-3-4-10-8(5-7)9(6-22-10)14-18-12(15(20)21-2)11(16)13(17)19-14/h3-5,9H,6H2,1-2H3,(H2,17,18,19). The fourth-order valence-corrected chi connectivity index (χ4v) is 3.79. The highest BCUT2D eigenvalue weighted by atomic mass is 35.5.